The number of anilines is 1. The van der Waals surface area contributed by atoms with Crippen LogP contribution in [0.25, 0.3) is 0 Å². The van der Waals surface area contributed by atoms with E-state index in [9.17, 15) is 0 Å². The molecule has 0 saturated heterocycles. The highest BCUT2D eigenvalue weighted by Gasteiger charge is 2.12. The van der Waals surface area contributed by atoms with Crippen LogP contribution in [0.5, 0.6) is 0 Å². The van der Waals surface area contributed by atoms with E-state index in [0.717, 1.165) is 5.01 Å². The van der Waals surface area contributed by atoms with Gasteiger partial charge in [-0.05, 0) is 13.8 Å². The largest absolute Gasteiger partial charge is 0.373 e. The van der Waals surface area contributed by atoms with E-state index < -0.39 is 0 Å². The molecule has 2 heterocycles. The third kappa shape index (κ3) is 3.06. The number of hydrogen-bond acceptors (Lipinski definition) is 5. The average molecular weight is 289 g/mol. The first kappa shape index (κ1) is 12.5. The Kier molecular flexibility index (Phi) is 3.81. The van der Waals surface area contributed by atoms with Crippen molar-refractivity contribution in [3.63, 3.8) is 0 Å². The predicted octanol–water partition coefficient (Wildman–Crippen LogP) is 3.72. The fourth-order valence-corrected chi connectivity index (χ4v) is 2.39. The molecule has 0 amide bonds. The lowest BCUT2D eigenvalue weighted by molar-refractivity contribution is 0.864. The van der Waals surface area contributed by atoms with E-state index in [2.05, 4.69) is 20.5 Å². The maximum atomic E-state index is 5.92. The van der Waals surface area contributed by atoms with Crippen molar-refractivity contribution in [2.75, 3.05) is 5.32 Å². The predicted molar refractivity (Wildman–Crippen MR) is 70.9 cm³/mol. The fraction of sp³-hybridized carbons (Fsp3) is 0.300. The Labute approximate surface area is 113 Å². The summed E-state index contributed by atoms with van der Waals surface area (Å²) < 4.78 is 0. The zero-order valence-electron chi connectivity index (χ0n) is 9.24. The average Bonchev–Trinajstić information content (AvgIpc) is 2.70. The van der Waals surface area contributed by atoms with Gasteiger partial charge in [-0.25, -0.2) is 4.98 Å². The van der Waals surface area contributed by atoms with E-state index in [-0.39, 0.29) is 6.04 Å². The Balaban J connectivity index is 2.18. The smallest absolute Gasteiger partial charge is 0.174 e. The topological polar surface area (TPSA) is 50.7 Å². The molecule has 0 aliphatic carbocycles. The van der Waals surface area contributed by atoms with E-state index in [1.165, 1.54) is 4.88 Å². The second kappa shape index (κ2) is 5.16. The highest BCUT2D eigenvalue weighted by Crippen LogP contribution is 2.27. The van der Waals surface area contributed by atoms with Crippen molar-refractivity contribution in [2.45, 2.75) is 19.9 Å². The second-order valence-electron chi connectivity index (χ2n) is 3.55. The first-order valence-corrected chi connectivity index (χ1v) is 6.51. The van der Waals surface area contributed by atoms with Crippen molar-refractivity contribution in [1.82, 2.24) is 15.2 Å². The summed E-state index contributed by atoms with van der Waals surface area (Å²) in [7, 11) is 0. The molecule has 0 fully saturated rings. The van der Waals surface area contributed by atoms with Crippen LogP contribution in [0.2, 0.25) is 10.3 Å². The van der Waals surface area contributed by atoms with E-state index in [4.69, 9.17) is 23.2 Å². The van der Waals surface area contributed by atoms with Crippen LogP contribution in [0.15, 0.2) is 12.3 Å². The molecule has 0 aromatic carbocycles. The van der Waals surface area contributed by atoms with Crippen molar-refractivity contribution in [2.24, 2.45) is 0 Å². The van der Waals surface area contributed by atoms with Crippen molar-refractivity contribution in [1.29, 1.82) is 0 Å². The minimum atomic E-state index is 0.0477. The lowest BCUT2D eigenvalue weighted by Gasteiger charge is -2.13. The van der Waals surface area contributed by atoms with Gasteiger partial charge in [0.25, 0.3) is 0 Å². The van der Waals surface area contributed by atoms with Gasteiger partial charge in [0.1, 0.15) is 5.01 Å². The van der Waals surface area contributed by atoms with Crippen LogP contribution < -0.4 is 5.32 Å². The quantitative estimate of drug-likeness (QED) is 0.935. The maximum absolute atomic E-state index is 5.92. The summed E-state index contributed by atoms with van der Waals surface area (Å²) in [4.78, 5) is 5.48. The summed E-state index contributed by atoms with van der Waals surface area (Å²) >= 11 is 13.3. The minimum absolute atomic E-state index is 0.0477. The number of rotatable bonds is 3. The molecule has 2 aromatic heterocycles. The molecular formula is C10H10Cl2N4S. The first-order chi connectivity index (χ1) is 8.06. The number of aryl methyl sites for hydroxylation is 1. The van der Waals surface area contributed by atoms with Gasteiger partial charge in [-0.2, -0.15) is 0 Å². The maximum Gasteiger partial charge on any atom is 0.174 e. The second-order valence-corrected chi connectivity index (χ2v) is 5.56. The van der Waals surface area contributed by atoms with Gasteiger partial charge in [-0.15, -0.1) is 21.5 Å². The summed E-state index contributed by atoms with van der Waals surface area (Å²) in [6.45, 7) is 4.02. The SMILES string of the molecule is Cc1cnc(C(C)Nc2cc(Cl)nnc2Cl)s1. The van der Waals surface area contributed by atoms with Crippen molar-refractivity contribution in [3.8, 4) is 0 Å². The van der Waals surface area contributed by atoms with Crippen LogP contribution in [0.3, 0.4) is 0 Å². The molecular weight excluding hydrogens is 279 g/mol. The highest BCUT2D eigenvalue weighted by atomic mass is 35.5. The normalized spacial score (nSPS) is 12.5. The molecule has 17 heavy (non-hydrogen) atoms. The van der Waals surface area contributed by atoms with E-state index >= 15 is 0 Å². The van der Waals surface area contributed by atoms with Crippen LogP contribution >= 0.6 is 34.5 Å². The lowest BCUT2D eigenvalue weighted by atomic mass is 10.3. The number of hydrogen-bond donors (Lipinski definition) is 1. The van der Waals surface area contributed by atoms with Crippen LogP contribution in [-0.4, -0.2) is 15.2 Å². The molecule has 1 N–H and O–H groups in total. The number of nitrogens with zero attached hydrogens (tertiary/aromatic N) is 3. The summed E-state index contributed by atoms with van der Waals surface area (Å²) in [6, 6.07) is 1.69. The van der Waals surface area contributed by atoms with Crippen LogP contribution in [0, 0.1) is 6.92 Å². The van der Waals surface area contributed by atoms with Crippen LogP contribution in [0.4, 0.5) is 5.69 Å². The van der Waals surface area contributed by atoms with Gasteiger partial charge in [0, 0.05) is 17.1 Å². The van der Waals surface area contributed by atoms with Gasteiger partial charge in [0.2, 0.25) is 0 Å². The standard InChI is InChI=1S/C10H10Cl2N4S/c1-5-4-13-10(17-5)6(2)14-7-3-8(11)15-16-9(7)12/h3-4,6H,1-2H3,(H,14,15). The molecule has 0 saturated carbocycles. The molecule has 7 heteroatoms. The van der Waals surface area contributed by atoms with Gasteiger partial charge < -0.3 is 5.32 Å². The van der Waals surface area contributed by atoms with Gasteiger partial charge in [-0.1, -0.05) is 23.2 Å². The Hall–Kier alpha value is -0.910. The first-order valence-electron chi connectivity index (χ1n) is 4.94. The van der Waals surface area contributed by atoms with Crippen LogP contribution in [-0.2, 0) is 0 Å². The molecule has 0 bridgehead atoms. The molecule has 90 valence electrons. The Bertz CT molecular complexity index is 529. The summed E-state index contributed by atoms with van der Waals surface area (Å²) in [5.41, 5.74) is 0.659. The zero-order valence-corrected chi connectivity index (χ0v) is 11.6. The van der Waals surface area contributed by atoms with E-state index in [0.29, 0.717) is 16.0 Å². The minimum Gasteiger partial charge on any atom is -0.373 e. The van der Waals surface area contributed by atoms with Crippen LogP contribution in [0.1, 0.15) is 22.9 Å². The number of nitrogens with one attached hydrogen (secondary N) is 1. The van der Waals surface area contributed by atoms with Crippen molar-refractivity contribution < 1.29 is 0 Å². The van der Waals surface area contributed by atoms with Gasteiger partial charge in [0.05, 0.1) is 11.7 Å². The molecule has 0 spiro atoms. The van der Waals surface area contributed by atoms with Gasteiger partial charge in [0.15, 0.2) is 10.3 Å². The number of halogens is 2. The van der Waals surface area contributed by atoms with E-state index in [1.807, 2.05) is 20.0 Å². The Morgan fingerprint density at radius 1 is 1.35 bits per heavy atom. The highest BCUT2D eigenvalue weighted by molar-refractivity contribution is 7.11. The molecule has 1 atom stereocenters. The molecule has 2 aromatic rings. The van der Waals surface area contributed by atoms with Gasteiger partial charge in [-0.3, -0.25) is 0 Å². The third-order valence-corrected chi connectivity index (χ3v) is 3.66. The molecule has 4 nitrogen and oxygen atoms in total. The molecule has 0 radical (unpaired) electrons. The van der Waals surface area contributed by atoms with E-state index in [1.54, 1.807) is 17.4 Å². The third-order valence-electron chi connectivity index (χ3n) is 2.10. The van der Waals surface area contributed by atoms with Crippen molar-refractivity contribution >= 4 is 40.2 Å². The monoisotopic (exact) mass is 288 g/mol. The number of aromatic nitrogens is 3. The Morgan fingerprint density at radius 2 is 2.12 bits per heavy atom. The Morgan fingerprint density at radius 3 is 2.76 bits per heavy atom. The summed E-state index contributed by atoms with van der Waals surface area (Å²) in [5.74, 6) is 0. The molecule has 2 rings (SSSR count). The summed E-state index contributed by atoms with van der Waals surface area (Å²) in [6.07, 6.45) is 1.84. The molecule has 0 aliphatic heterocycles. The summed E-state index contributed by atoms with van der Waals surface area (Å²) in [5, 5.41) is 12.2. The molecule has 1 unspecified atom stereocenters. The van der Waals surface area contributed by atoms with Crippen molar-refractivity contribution in [3.05, 3.63) is 32.5 Å². The molecule has 0 aliphatic rings. The lowest BCUT2D eigenvalue weighted by Crippen LogP contribution is -2.07. The fourth-order valence-electron chi connectivity index (χ4n) is 1.32. The zero-order chi connectivity index (χ0) is 12.4. The van der Waals surface area contributed by atoms with Gasteiger partial charge >= 0.3 is 0 Å². The number of thiazole rings is 1.